The Bertz CT molecular complexity index is 611. The van der Waals surface area contributed by atoms with Crippen LogP contribution in [0.5, 0.6) is 0 Å². The van der Waals surface area contributed by atoms with E-state index in [0.717, 1.165) is 24.4 Å². The van der Waals surface area contributed by atoms with Gasteiger partial charge < -0.3 is 15.5 Å². The first kappa shape index (κ1) is 13.2. The fourth-order valence-corrected chi connectivity index (χ4v) is 3.03. The van der Waals surface area contributed by atoms with Crippen molar-refractivity contribution < 1.29 is 0 Å². The third-order valence-electron chi connectivity index (χ3n) is 4.34. The molecule has 6 nitrogen and oxygen atoms in total. The Morgan fingerprint density at radius 1 is 1.30 bits per heavy atom. The highest BCUT2D eigenvalue weighted by atomic mass is 15.3. The number of rotatable bonds is 2. The molecule has 2 aromatic rings. The molecule has 0 aromatic carbocycles. The van der Waals surface area contributed by atoms with Crippen molar-refractivity contribution in [2.75, 3.05) is 37.8 Å². The van der Waals surface area contributed by atoms with Crippen LogP contribution in [0.15, 0.2) is 12.1 Å². The molecule has 6 heteroatoms. The molecular formula is C14H22N6. The van der Waals surface area contributed by atoms with Gasteiger partial charge in [0.25, 0.3) is 0 Å². The predicted octanol–water partition coefficient (Wildman–Crippen LogP) is 1.15. The van der Waals surface area contributed by atoms with Gasteiger partial charge in [0.15, 0.2) is 5.65 Å². The summed E-state index contributed by atoms with van der Waals surface area (Å²) >= 11 is 0. The molecule has 3 heterocycles. The van der Waals surface area contributed by atoms with E-state index in [0.29, 0.717) is 12.0 Å². The second-order valence-electron chi connectivity index (χ2n) is 5.69. The molecule has 1 saturated heterocycles. The average molecular weight is 274 g/mol. The molecule has 3 rings (SSSR count). The molecule has 0 amide bonds. The third-order valence-corrected chi connectivity index (χ3v) is 4.34. The number of likely N-dealkylation sites (tertiary alicyclic amines) is 1. The predicted molar refractivity (Wildman–Crippen MR) is 81.1 cm³/mol. The van der Waals surface area contributed by atoms with E-state index in [-0.39, 0.29) is 0 Å². The minimum atomic E-state index is 0.326. The molecule has 108 valence electrons. The minimum Gasteiger partial charge on any atom is -0.370 e. The number of pyridine rings is 1. The van der Waals surface area contributed by atoms with Gasteiger partial charge in [-0.05, 0) is 52.0 Å². The van der Waals surface area contributed by atoms with Gasteiger partial charge in [-0.25, -0.2) is 4.52 Å². The molecule has 1 aliphatic rings. The van der Waals surface area contributed by atoms with Crippen LogP contribution in [0.25, 0.3) is 5.65 Å². The van der Waals surface area contributed by atoms with Crippen molar-refractivity contribution in [1.29, 1.82) is 0 Å². The number of aromatic nitrogens is 3. The van der Waals surface area contributed by atoms with E-state index in [1.165, 1.54) is 18.5 Å². The first-order chi connectivity index (χ1) is 9.56. The molecule has 0 atom stereocenters. The van der Waals surface area contributed by atoms with Gasteiger partial charge in [-0.3, -0.25) is 0 Å². The van der Waals surface area contributed by atoms with E-state index in [2.05, 4.69) is 47.0 Å². The minimum absolute atomic E-state index is 0.326. The van der Waals surface area contributed by atoms with Crippen LogP contribution in [0, 0.1) is 6.92 Å². The van der Waals surface area contributed by atoms with Crippen LogP contribution in [-0.4, -0.2) is 52.7 Å². The Labute approximate surface area is 119 Å². The Morgan fingerprint density at radius 3 is 2.70 bits per heavy atom. The van der Waals surface area contributed by atoms with Crippen molar-refractivity contribution in [1.82, 2.24) is 19.5 Å². The van der Waals surface area contributed by atoms with E-state index < -0.39 is 0 Å². The summed E-state index contributed by atoms with van der Waals surface area (Å²) in [4.78, 5) is 8.96. The van der Waals surface area contributed by atoms with Gasteiger partial charge >= 0.3 is 0 Å². The number of hydrogen-bond acceptors (Lipinski definition) is 5. The van der Waals surface area contributed by atoms with Gasteiger partial charge in [0.2, 0.25) is 5.95 Å². The molecule has 0 aliphatic carbocycles. The Balaban J connectivity index is 1.91. The fourth-order valence-electron chi connectivity index (χ4n) is 3.03. The second kappa shape index (κ2) is 4.94. The molecule has 2 N–H and O–H groups in total. The monoisotopic (exact) mass is 274 g/mol. The van der Waals surface area contributed by atoms with Gasteiger partial charge in [-0.2, -0.15) is 4.98 Å². The van der Waals surface area contributed by atoms with E-state index in [1.54, 1.807) is 0 Å². The number of anilines is 2. The molecule has 1 fully saturated rings. The summed E-state index contributed by atoms with van der Waals surface area (Å²) in [7, 11) is 4.36. The maximum atomic E-state index is 5.68. The normalized spacial score (nSPS) is 17.8. The van der Waals surface area contributed by atoms with Gasteiger partial charge in [-0.1, -0.05) is 0 Å². The quantitative estimate of drug-likeness (QED) is 0.890. The smallest absolute Gasteiger partial charge is 0.240 e. The highest BCUT2D eigenvalue weighted by molar-refractivity contribution is 5.57. The summed E-state index contributed by atoms with van der Waals surface area (Å²) in [6.07, 6.45) is 2.40. The van der Waals surface area contributed by atoms with E-state index >= 15 is 0 Å². The SMILES string of the molecule is Cc1c(N(C)C2CCN(C)CC2)ccc2nc(N)nn12. The topological polar surface area (TPSA) is 62.7 Å². The highest BCUT2D eigenvalue weighted by Crippen LogP contribution is 2.25. The summed E-state index contributed by atoms with van der Waals surface area (Å²) in [5, 5.41) is 4.26. The summed E-state index contributed by atoms with van der Waals surface area (Å²) in [6, 6.07) is 4.69. The second-order valence-corrected chi connectivity index (χ2v) is 5.69. The average Bonchev–Trinajstić information content (AvgIpc) is 2.81. The summed E-state index contributed by atoms with van der Waals surface area (Å²) < 4.78 is 1.83. The number of nitrogen functional groups attached to an aromatic ring is 1. The van der Waals surface area contributed by atoms with E-state index in [1.807, 2.05) is 10.6 Å². The first-order valence-corrected chi connectivity index (χ1v) is 7.09. The molecule has 0 bridgehead atoms. The third kappa shape index (κ3) is 2.20. The standard InChI is InChI=1S/C14H22N6/c1-10-12(4-5-13-16-14(15)17-20(10)13)19(3)11-6-8-18(2)9-7-11/h4-5,11H,6-9H2,1-3H3,(H2,15,17). The van der Waals surface area contributed by atoms with Crippen molar-refractivity contribution in [2.45, 2.75) is 25.8 Å². The molecule has 0 radical (unpaired) electrons. The number of aryl methyl sites for hydroxylation is 1. The Hall–Kier alpha value is -1.82. The lowest BCUT2D eigenvalue weighted by Crippen LogP contribution is -2.42. The zero-order chi connectivity index (χ0) is 14.3. The molecule has 20 heavy (non-hydrogen) atoms. The maximum Gasteiger partial charge on any atom is 0.240 e. The van der Waals surface area contributed by atoms with Gasteiger partial charge in [0, 0.05) is 13.1 Å². The van der Waals surface area contributed by atoms with E-state index in [9.17, 15) is 0 Å². The van der Waals surface area contributed by atoms with Crippen LogP contribution in [0.1, 0.15) is 18.5 Å². The Kier molecular flexibility index (Phi) is 3.25. The number of hydrogen-bond donors (Lipinski definition) is 1. The van der Waals surface area contributed by atoms with Crippen molar-refractivity contribution in [3.05, 3.63) is 17.8 Å². The molecule has 0 saturated carbocycles. The maximum absolute atomic E-state index is 5.68. The van der Waals surface area contributed by atoms with E-state index in [4.69, 9.17) is 5.73 Å². The van der Waals surface area contributed by atoms with Crippen LogP contribution in [-0.2, 0) is 0 Å². The van der Waals surface area contributed by atoms with Crippen LogP contribution in [0.4, 0.5) is 11.6 Å². The van der Waals surface area contributed by atoms with Crippen LogP contribution >= 0.6 is 0 Å². The fraction of sp³-hybridized carbons (Fsp3) is 0.571. The highest BCUT2D eigenvalue weighted by Gasteiger charge is 2.22. The summed E-state index contributed by atoms with van der Waals surface area (Å²) in [5.74, 6) is 0.326. The lowest BCUT2D eigenvalue weighted by atomic mass is 10.0. The van der Waals surface area contributed by atoms with Crippen LogP contribution < -0.4 is 10.6 Å². The zero-order valence-electron chi connectivity index (χ0n) is 12.4. The van der Waals surface area contributed by atoms with Crippen LogP contribution in [0.2, 0.25) is 0 Å². The van der Waals surface area contributed by atoms with Gasteiger partial charge in [-0.15, -0.1) is 5.10 Å². The molecular weight excluding hydrogens is 252 g/mol. The first-order valence-electron chi connectivity index (χ1n) is 7.09. The number of fused-ring (bicyclic) bond motifs is 1. The van der Waals surface area contributed by atoms with Crippen molar-refractivity contribution >= 4 is 17.3 Å². The summed E-state index contributed by atoms with van der Waals surface area (Å²) in [5.41, 5.74) is 8.78. The van der Waals surface area contributed by atoms with Crippen molar-refractivity contribution in [3.63, 3.8) is 0 Å². The lowest BCUT2D eigenvalue weighted by Gasteiger charge is -2.36. The summed E-state index contributed by atoms with van der Waals surface area (Å²) in [6.45, 7) is 4.39. The number of nitrogens with two attached hydrogens (primary N) is 1. The van der Waals surface area contributed by atoms with Gasteiger partial charge in [0.1, 0.15) is 0 Å². The molecule has 1 aliphatic heterocycles. The Morgan fingerprint density at radius 2 is 2.00 bits per heavy atom. The zero-order valence-corrected chi connectivity index (χ0v) is 12.4. The molecule has 2 aromatic heterocycles. The largest absolute Gasteiger partial charge is 0.370 e. The van der Waals surface area contributed by atoms with Crippen LogP contribution in [0.3, 0.4) is 0 Å². The van der Waals surface area contributed by atoms with Crippen molar-refractivity contribution in [2.24, 2.45) is 0 Å². The number of nitrogens with zero attached hydrogens (tertiary/aromatic N) is 5. The number of piperidine rings is 1. The van der Waals surface area contributed by atoms with Gasteiger partial charge in [0.05, 0.1) is 11.4 Å². The van der Waals surface area contributed by atoms with Crippen molar-refractivity contribution in [3.8, 4) is 0 Å². The lowest BCUT2D eigenvalue weighted by molar-refractivity contribution is 0.252. The molecule has 0 spiro atoms. The molecule has 0 unspecified atom stereocenters.